The lowest BCUT2D eigenvalue weighted by molar-refractivity contribution is 0.270. The number of hydrogen-bond donors (Lipinski definition) is 1. The molecule has 36 valence electrons. The fourth-order valence-electron chi connectivity index (χ4n) is 0.139. The van der Waals surface area contributed by atoms with Gasteiger partial charge in [0, 0.05) is 5.41 Å². The van der Waals surface area contributed by atoms with Gasteiger partial charge in [-0.15, -0.1) is 12.6 Å². The molecule has 0 spiro atoms. The molecule has 0 aromatic heterocycles. The fraction of sp³-hybridized carbons (Fsp3) is 0.500. The Labute approximate surface area is 43.4 Å². The van der Waals surface area contributed by atoms with E-state index in [0.717, 1.165) is 6.61 Å². The quantitative estimate of drug-likeness (QED) is 0.412. The summed E-state index contributed by atoms with van der Waals surface area (Å²) in [5.41, 5.74) is 0. The van der Waals surface area contributed by atoms with Crippen LogP contribution >= 0.6 is 12.6 Å². The molecule has 0 saturated carbocycles. The van der Waals surface area contributed by atoms with E-state index in [4.69, 9.17) is 4.74 Å². The summed E-state index contributed by atoms with van der Waals surface area (Å²) in [6, 6.07) is 0. The molecule has 0 rings (SSSR count). The van der Waals surface area contributed by atoms with Gasteiger partial charge in [-0.3, -0.25) is 0 Å². The van der Waals surface area contributed by atoms with Gasteiger partial charge in [-0.25, -0.2) is 0 Å². The first-order valence-corrected chi connectivity index (χ1v) is 2.34. The van der Waals surface area contributed by atoms with Gasteiger partial charge in [0.1, 0.15) is 0 Å². The van der Waals surface area contributed by atoms with Crippen LogP contribution in [0.25, 0.3) is 0 Å². The van der Waals surface area contributed by atoms with E-state index in [9.17, 15) is 0 Å². The SMILES string of the molecule is CCO/C=C/S. The molecule has 0 heterocycles. The predicted octanol–water partition coefficient (Wildman–Crippen LogP) is 1.42. The van der Waals surface area contributed by atoms with Crippen LogP contribution in [0.15, 0.2) is 11.7 Å². The second-order valence-corrected chi connectivity index (χ2v) is 1.04. The van der Waals surface area contributed by atoms with E-state index < -0.39 is 0 Å². The van der Waals surface area contributed by atoms with E-state index in [1.807, 2.05) is 6.92 Å². The third-order valence-electron chi connectivity index (χ3n) is 0.324. The van der Waals surface area contributed by atoms with Crippen molar-refractivity contribution in [1.82, 2.24) is 0 Å². The molecule has 0 amide bonds. The van der Waals surface area contributed by atoms with Gasteiger partial charge in [0.25, 0.3) is 0 Å². The fourth-order valence-corrected chi connectivity index (χ4v) is 0.225. The zero-order chi connectivity index (χ0) is 4.83. The van der Waals surface area contributed by atoms with Gasteiger partial charge in [0.05, 0.1) is 12.9 Å². The molecule has 0 aliphatic rings. The van der Waals surface area contributed by atoms with Gasteiger partial charge in [-0.2, -0.15) is 0 Å². The van der Waals surface area contributed by atoms with Crippen LogP contribution in [0.4, 0.5) is 0 Å². The summed E-state index contributed by atoms with van der Waals surface area (Å²) in [4.78, 5) is 0. The third-order valence-corrected chi connectivity index (χ3v) is 0.445. The molecule has 0 fully saturated rings. The second kappa shape index (κ2) is 4.89. The lowest BCUT2D eigenvalue weighted by Gasteiger charge is -1.86. The molecule has 0 unspecified atom stereocenters. The standard InChI is InChI=1S/C4H8OS/c1-2-5-3-4-6/h3-4,6H,2H2,1H3/b4-3+. The Hall–Kier alpha value is -0.110. The van der Waals surface area contributed by atoms with E-state index in [2.05, 4.69) is 12.6 Å². The smallest absolute Gasteiger partial charge is 0.0889 e. The van der Waals surface area contributed by atoms with Crippen molar-refractivity contribution in [2.75, 3.05) is 6.61 Å². The van der Waals surface area contributed by atoms with Crippen LogP contribution in [-0.4, -0.2) is 6.61 Å². The first kappa shape index (κ1) is 5.89. The van der Waals surface area contributed by atoms with Crippen LogP contribution in [-0.2, 0) is 4.74 Å². The molecule has 0 aliphatic carbocycles. The molecule has 0 aromatic rings. The highest BCUT2D eigenvalue weighted by molar-refractivity contribution is 7.83. The molecule has 0 aromatic carbocycles. The Balaban J connectivity index is 2.66. The van der Waals surface area contributed by atoms with E-state index in [1.165, 1.54) is 0 Å². The number of hydrogen-bond acceptors (Lipinski definition) is 2. The Morgan fingerprint density at radius 2 is 2.50 bits per heavy atom. The minimum atomic E-state index is 0.719. The van der Waals surface area contributed by atoms with Crippen LogP contribution < -0.4 is 0 Å². The van der Waals surface area contributed by atoms with E-state index in [0.29, 0.717) is 0 Å². The average Bonchev–Trinajstić information content (AvgIpc) is 1.61. The van der Waals surface area contributed by atoms with E-state index in [-0.39, 0.29) is 0 Å². The summed E-state index contributed by atoms with van der Waals surface area (Å²) in [5.74, 6) is 0. The third kappa shape index (κ3) is 3.89. The first-order valence-electron chi connectivity index (χ1n) is 1.82. The normalized spacial score (nSPS) is 9.67. The molecule has 0 saturated heterocycles. The van der Waals surface area contributed by atoms with Crippen molar-refractivity contribution in [3.05, 3.63) is 11.7 Å². The van der Waals surface area contributed by atoms with Crippen LogP contribution in [0, 0.1) is 0 Å². The van der Waals surface area contributed by atoms with Crippen molar-refractivity contribution in [2.24, 2.45) is 0 Å². The van der Waals surface area contributed by atoms with Crippen molar-refractivity contribution >= 4 is 12.6 Å². The summed E-state index contributed by atoms with van der Waals surface area (Å²) >= 11 is 3.75. The molecule has 6 heavy (non-hydrogen) atoms. The lowest BCUT2D eigenvalue weighted by atomic mass is 10.9. The minimum absolute atomic E-state index is 0.719. The number of ether oxygens (including phenoxy) is 1. The van der Waals surface area contributed by atoms with E-state index >= 15 is 0 Å². The molecule has 0 bridgehead atoms. The van der Waals surface area contributed by atoms with Gasteiger partial charge in [0.15, 0.2) is 0 Å². The maximum atomic E-state index is 4.73. The van der Waals surface area contributed by atoms with Crippen molar-refractivity contribution in [1.29, 1.82) is 0 Å². The summed E-state index contributed by atoms with van der Waals surface area (Å²) < 4.78 is 4.73. The molecule has 2 heteroatoms. The highest BCUT2D eigenvalue weighted by Gasteiger charge is 1.60. The maximum absolute atomic E-state index is 4.73. The van der Waals surface area contributed by atoms with Crippen molar-refractivity contribution in [3.8, 4) is 0 Å². The molecule has 0 atom stereocenters. The zero-order valence-electron chi connectivity index (χ0n) is 3.72. The highest BCUT2D eigenvalue weighted by atomic mass is 32.1. The maximum Gasteiger partial charge on any atom is 0.0889 e. The summed E-state index contributed by atoms with van der Waals surface area (Å²) in [5, 5.41) is 1.56. The predicted molar refractivity (Wildman–Crippen MR) is 29.8 cm³/mol. The molecule has 0 N–H and O–H groups in total. The molecule has 0 aliphatic heterocycles. The van der Waals surface area contributed by atoms with Crippen molar-refractivity contribution in [3.63, 3.8) is 0 Å². The minimum Gasteiger partial charge on any atom is -0.501 e. The highest BCUT2D eigenvalue weighted by Crippen LogP contribution is 1.77. The van der Waals surface area contributed by atoms with E-state index in [1.54, 1.807) is 11.7 Å². The van der Waals surface area contributed by atoms with Gasteiger partial charge < -0.3 is 4.74 Å². The Kier molecular flexibility index (Phi) is 4.80. The molecule has 1 nitrogen and oxygen atoms in total. The Bertz CT molecular complexity index is 42.8. The van der Waals surface area contributed by atoms with Gasteiger partial charge in [-0.1, -0.05) is 0 Å². The molecule has 0 radical (unpaired) electrons. The van der Waals surface area contributed by atoms with Crippen LogP contribution in [0.5, 0.6) is 0 Å². The Morgan fingerprint density at radius 1 is 1.83 bits per heavy atom. The van der Waals surface area contributed by atoms with Crippen LogP contribution in [0.3, 0.4) is 0 Å². The molecular formula is C4H8OS. The monoisotopic (exact) mass is 104 g/mol. The largest absolute Gasteiger partial charge is 0.501 e. The van der Waals surface area contributed by atoms with Gasteiger partial charge in [0.2, 0.25) is 0 Å². The average molecular weight is 104 g/mol. The first-order chi connectivity index (χ1) is 2.91. The second-order valence-electron chi connectivity index (χ2n) is 0.740. The van der Waals surface area contributed by atoms with Gasteiger partial charge >= 0.3 is 0 Å². The van der Waals surface area contributed by atoms with Crippen molar-refractivity contribution < 1.29 is 4.74 Å². The zero-order valence-corrected chi connectivity index (χ0v) is 4.61. The number of thiol groups is 1. The molecular weight excluding hydrogens is 96.1 g/mol. The number of rotatable bonds is 2. The Morgan fingerprint density at radius 3 is 2.67 bits per heavy atom. The van der Waals surface area contributed by atoms with Crippen molar-refractivity contribution in [2.45, 2.75) is 6.92 Å². The summed E-state index contributed by atoms with van der Waals surface area (Å²) in [7, 11) is 0. The van der Waals surface area contributed by atoms with Gasteiger partial charge in [-0.05, 0) is 6.92 Å². The van der Waals surface area contributed by atoms with Crippen LogP contribution in [0.2, 0.25) is 0 Å². The summed E-state index contributed by atoms with van der Waals surface area (Å²) in [6.45, 7) is 2.64. The topological polar surface area (TPSA) is 9.23 Å². The van der Waals surface area contributed by atoms with Crippen LogP contribution in [0.1, 0.15) is 6.92 Å². The summed E-state index contributed by atoms with van der Waals surface area (Å²) in [6.07, 6.45) is 1.54. The lowest BCUT2D eigenvalue weighted by Crippen LogP contribution is -1.73.